The molecule has 0 aliphatic carbocycles. The first-order valence-electron chi connectivity index (χ1n) is 7.30. The van der Waals surface area contributed by atoms with E-state index in [2.05, 4.69) is 0 Å². The van der Waals surface area contributed by atoms with Crippen LogP contribution in [-0.4, -0.2) is 35.2 Å². The Balaban J connectivity index is 1.55. The molecule has 21 heavy (non-hydrogen) atoms. The zero-order valence-corrected chi connectivity index (χ0v) is 13.5. The van der Waals surface area contributed by atoms with Crippen molar-refractivity contribution >= 4 is 29.3 Å². The minimum Gasteiger partial charge on any atom is -0.374 e. The van der Waals surface area contributed by atoms with Crippen LogP contribution in [0.2, 0.25) is 0 Å². The summed E-state index contributed by atoms with van der Waals surface area (Å²) in [6, 6.07) is 6.43. The van der Waals surface area contributed by atoms with Crippen molar-refractivity contribution in [1.82, 2.24) is 0 Å². The Labute approximate surface area is 133 Å². The van der Waals surface area contributed by atoms with Gasteiger partial charge in [0.15, 0.2) is 0 Å². The van der Waals surface area contributed by atoms with E-state index in [9.17, 15) is 9.18 Å². The summed E-state index contributed by atoms with van der Waals surface area (Å²) in [6.07, 6.45) is 2.76. The third kappa shape index (κ3) is 3.82. The molecule has 2 nitrogen and oxygen atoms in total. The average molecular weight is 326 g/mol. The number of ether oxygens (including phenoxy) is 1. The summed E-state index contributed by atoms with van der Waals surface area (Å²) in [4.78, 5) is 13.2. The van der Waals surface area contributed by atoms with Gasteiger partial charge < -0.3 is 4.74 Å². The molecule has 1 aromatic carbocycles. The van der Waals surface area contributed by atoms with Crippen molar-refractivity contribution in [2.75, 3.05) is 23.9 Å². The van der Waals surface area contributed by atoms with Crippen LogP contribution in [0, 0.1) is 11.7 Å². The Bertz CT molecular complexity index is 515. The zero-order valence-electron chi connectivity index (χ0n) is 11.8. The highest BCUT2D eigenvalue weighted by atomic mass is 32.2. The quantitative estimate of drug-likeness (QED) is 0.787. The molecule has 0 bridgehead atoms. The van der Waals surface area contributed by atoms with Crippen LogP contribution in [0.1, 0.15) is 19.3 Å². The molecule has 0 radical (unpaired) electrons. The first-order valence-corrected chi connectivity index (χ1v) is 9.44. The van der Waals surface area contributed by atoms with Gasteiger partial charge in [-0.15, -0.1) is 11.8 Å². The van der Waals surface area contributed by atoms with E-state index in [0.717, 1.165) is 35.7 Å². The van der Waals surface area contributed by atoms with Crippen LogP contribution in [0.3, 0.4) is 0 Å². The zero-order chi connectivity index (χ0) is 14.7. The highest BCUT2D eigenvalue weighted by Crippen LogP contribution is 2.41. The summed E-state index contributed by atoms with van der Waals surface area (Å²) in [5.41, 5.74) is -0.0488. The third-order valence-electron chi connectivity index (χ3n) is 4.19. The molecule has 0 amide bonds. The molecule has 2 saturated heterocycles. The molecule has 2 aliphatic heterocycles. The lowest BCUT2D eigenvalue weighted by atomic mass is 9.83. The fourth-order valence-corrected chi connectivity index (χ4v) is 5.29. The maximum Gasteiger partial charge on any atom is 0.146 e. The van der Waals surface area contributed by atoms with Crippen LogP contribution in [0.15, 0.2) is 29.2 Å². The lowest BCUT2D eigenvalue weighted by Crippen LogP contribution is -2.42. The molecule has 2 unspecified atom stereocenters. The molecule has 5 heteroatoms. The van der Waals surface area contributed by atoms with Crippen molar-refractivity contribution < 1.29 is 13.9 Å². The second kappa shape index (κ2) is 6.71. The monoisotopic (exact) mass is 326 g/mol. The van der Waals surface area contributed by atoms with E-state index in [-0.39, 0.29) is 23.1 Å². The molecule has 2 atom stereocenters. The van der Waals surface area contributed by atoms with E-state index in [1.165, 1.54) is 23.9 Å². The first-order chi connectivity index (χ1) is 10.2. The number of halogens is 1. The number of carbonyl (C=O) groups is 1. The lowest BCUT2D eigenvalue weighted by molar-refractivity contribution is -0.131. The Morgan fingerprint density at radius 1 is 1.52 bits per heavy atom. The Kier molecular flexibility index (Phi) is 4.92. The largest absolute Gasteiger partial charge is 0.374 e. The van der Waals surface area contributed by atoms with Crippen molar-refractivity contribution in [3.63, 3.8) is 0 Å². The van der Waals surface area contributed by atoms with E-state index in [1.54, 1.807) is 6.07 Å². The summed E-state index contributed by atoms with van der Waals surface area (Å²) in [6.45, 7) is 0.696. The van der Waals surface area contributed by atoms with Crippen molar-refractivity contribution in [2.45, 2.75) is 29.8 Å². The van der Waals surface area contributed by atoms with Crippen LogP contribution >= 0.6 is 23.5 Å². The van der Waals surface area contributed by atoms with Gasteiger partial charge in [0.05, 0.1) is 11.4 Å². The Morgan fingerprint density at radius 3 is 3.19 bits per heavy atom. The maximum atomic E-state index is 13.1. The van der Waals surface area contributed by atoms with Crippen molar-refractivity contribution in [3.8, 4) is 0 Å². The topological polar surface area (TPSA) is 26.3 Å². The van der Waals surface area contributed by atoms with Gasteiger partial charge in [0.1, 0.15) is 11.6 Å². The molecule has 2 aliphatic rings. The predicted octanol–water partition coefficient (Wildman–Crippen LogP) is 3.79. The maximum absolute atomic E-state index is 13.1. The van der Waals surface area contributed by atoms with Gasteiger partial charge in [-0.2, -0.15) is 11.8 Å². The number of carbonyl (C=O) groups excluding carboxylic acids is 1. The number of benzene rings is 1. The Morgan fingerprint density at radius 2 is 2.43 bits per heavy atom. The smallest absolute Gasteiger partial charge is 0.146 e. The molecule has 1 spiro atoms. The van der Waals surface area contributed by atoms with Crippen molar-refractivity contribution in [1.29, 1.82) is 0 Å². The number of ketones is 1. The lowest BCUT2D eigenvalue weighted by Gasteiger charge is -2.37. The van der Waals surface area contributed by atoms with Crippen LogP contribution in [-0.2, 0) is 9.53 Å². The second-order valence-electron chi connectivity index (χ2n) is 5.74. The minimum atomic E-state index is -0.250. The molecule has 2 fully saturated rings. The van der Waals surface area contributed by atoms with E-state index < -0.39 is 0 Å². The molecule has 0 saturated carbocycles. The van der Waals surface area contributed by atoms with Crippen molar-refractivity contribution in [3.05, 3.63) is 30.1 Å². The van der Waals surface area contributed by atoms with Gasteiger partial charge in [0.2, 0.25) is 0 Å². The van der Waals surface area contributed by atoms with Gasteiger partial charge in [-0.25, -0.2) is 4.39 Å². The summed E-state index contributed by atoms with van der Waals surface area (Å²) in [5.74, 6) is 2.73. The van der Waals surface area contributed by atoms with E-state index in [0.29, 0.717) is 12.4 Å². The number of thioether (sulfide) groups is 2. The SMILES string of the molecule is O=C(CSc1cccc(F)c1)C1CCOC2(CCSC2)C1. The van der Waals surface area contributed by atoms with Crippen LogP contribution in [0.5, 0.6) is 0 Å². The third-order valence-corrected chi connectivity index (χ3v) is 6.43. The summed E-state index contributed by atoms with van der Waals surface area (Å²) >= 11 is 3.35. The molecule has 2 heterocycles. The first kappa shape index (κ1) is 15.4. The van der Waals surface area contributed by atoms with Crippen LogP contribution in [0.25, 0.3) is 0 Å². The molecular formula is C16H19FO2S2. The summed E-state index contributed by atoms with van der Waals surface area (Å²) < 4.78 is 19.1. The van der Waals surface area contributed by atoms with Crippen LogP contribution < -0.4 is 0 Å². The van der Waals surface area contributed by atoms with Gasteiger partial charge in [0, 0.05) is 23.2 Å². The van der Waals surface area contributed by atoms with Crippen molar-refractivity contribution in [2.24, 2.45) is 5.92 Å². The highest BCUT2D eigenvalue weighted by Gasteiger charge is 2.42. The standard InChI is InChI=1S/C16H19FO2S2/c17-13-2-1-3-14(8-13)21-10-15(18)12-4-6-19-16(9-12)5-7-20-11-16/h1-3,8,12H,4-7,9-11H2. The average Bonchev–Trinajstić information content (AvgIpc) is 2.93. The summed E-state index contributed by atoms with van der Waals surface area (Å²) in [7, 11) is 0. The van der Waals surface area contributed by atoms with E-state index in [1.807, 2.05) is 17.8 Å². The molecule has 114 valence electrons. The van der Waals surface area contributed by atoms with E-state index >= 15 is 0 Å². The minimum absolute atomic E-state index is 0.0488. The number of Topliss-reactive ketones (excluding diaryl/α,β-unsaturated/α-hetero) is 1. The number of hydrogen-bond acceptors (Lipinski definition) is 4. The molecule has 1 aromatic rings. The van der Waals surface area contributed by atoms with E-state index in [4.69, 9.17) is 4.74 Å². The second-order valence-corrected chi connectivity index (χ2v) is 7.89. The normalized spacial score (nSPS) is 28.9. The number of rotatable bonds is 4. The molecule has 0 N–H and O–H groups in total. The number of hydrogen-bond donors (Lipinski definition) is 0. The highest BCUT2D eigenvalue weighted by molar-refractivity contribution is 8.00. The molecular weight excluding hydrogens is 307 g/mol. The fourth-order valence-electron chi connectivity index (χ4n) is 2.99. The van der Waals surface area contributed by atoms with Gasteiger partial charge in [-0.1, -0.05) is 6.07 Å². The molecule has 3 rings (SSSR count). The predicted molar refractivity (Wildman–Crippen MR) is 85.5 cm³/mol. The summed E-state index contributed by atoms with van der Waals surface area (Å²) in [5, 5.41) is 0. The Hall–Kier alpha value is -0.520. The van der Waals surface area contributed by atoms with Crippen LogP contribution in [0.4, 0.5) is 4.39 Å². The van der Waals surface area contributed by atoms with Gasteiger partial charge >= 0.3 is 0 Å². The fraction of sp³-hybridized carbons (Fsp3) is 0.562. The van der Waals surface area contributed by atoms with Gasteiger partial charge in [0.25, 0.3) is 0 Å². The van der Waals surface area contributed by atoms with Gasteiger partial charge in [-0.3, -0.25) is 4.79 Å². The van der Waals surface area contributed by atoms with Gasteiger partial charge in [-0.05, 0) is 43.2 Å². The molecule has 0 aromatic heterocycles.